The second-order valence-electron chi connectivity index (χ2n) is 5.62. The summed E-state index contributed by atoms with van der Waals surface area (Å²) in [6.07, 6.45) is 4.39. The summed E-state index contributed by atoms with van der Waals surface area (Å²) in [4.78, 5) is 13.2. The molecule has 0 aromatic heterocycles. The molecule has 1 heterocycles. The maximum atomic E-state index is 14.3. The Morgan fingerprint density at radius 2 is 2.33 bits per heavy atom. The Bertz CT molecular complexity index is 486. The summed E-state index contributed by atoms with van der Waals surface area (Å²) in [5.74, 6) is -0.974. The summed E-state index contributed by atoms with van der Waals surface area (Å²) in [5.41, 5.74) is 5.96. The fourth-order valence-electron chi connectivity index (χ4n) is 2.75. The molecule has 0 aliphatic carbocycles. The highest BCUT2D eigenvalue weighted by Gasteiger charge is 2.20. The highest BCUT2D eigenvalue weighted by molar-refractivity contribution is 5.93. The fourth-order valence-corrected chi connectivity index (χ4v) is 2.75. The average Bonchev–Trinajstić information content (AvgIpc) is 2.96. The Kier molecular flexibility index (Phi) is 5.56. The van der Waals surface area contributed by atoms with Crippen LogP contribution in [0, 0.1) is 5.82 Å². The van der Waals surface area contributed by atoms with Crippen LogP contribution in [0.3, 0.4) is 0 Å². The molecule has 2 rings (SSSR count). The molecule has 5 heteroatoms. The maximum absolute atomic E-state index is 14.3. The lowest BCUT2D eigenvalue weighted by Gasteiger charge is -2.28. The van der Waals surface area contributed by atoms with Gasteiger partial charge in [-0.1, -0.05) is 13.3 Å². The number of unbranched alkanes of at least 4 members (excludes halogenated alkanes) is 1. The van der Waals surface area contributed by atoms with Crippen LogP contribution in [0.25, 0.3) is 0 Å². The van der Waals surface area contributed by atoms with Crippen LogP contribution in [0.2, 0.25) is 0 Å². The Labute approximate surface area is 125 Å². The van der Waals surface area contributed by atoms with E-state index in [4.69, 9.17) is 5.73 Å². The minimum absolute atomic E-state index is 0.214. The zero-order valence-corrected chi connectivity index (χ0v) is 12.6. The van der Waals surface area contributed by atoms with Crippen molar-refractivity contribution in [1.29, 1.82) is 0 Å². The Hall–Kier alpha value is -1.62. The maximum Gasteiger partial charge on any atom is 0.248 e. The molecule has 4 nitrogen and oxygen atoms in total. The van der Waals surface area contributed by atoms with Gasteiger partial charge in [0.2, 0.25) is 5.91 Å². The van der Waals surface area contributed by atoms with Gasteiger partial charge in [-0.05, 0) is 44.0 Å². The van der Waals surface area contributed by atoms with Crippen molar-refractivity contribution in [2.45, 2.75) is 38.6 Å². The highest BCUT2D eigenvalue weighted by Crippen LogP contribution is 2.22. The van der Waals surface area contributed by atoms with E-state index in [1.165, 1.54) is 12.5 Å². The number of halogens is 1. The van der Waals surface area contributed by atoms with Gasteiger partial charge in [-0.15, -0.1) is 0 Å². The summed E-state index contributed by atoms with van der Waals surface area (Å²) in [5, 5.41) is 3.44. The molecule has 1 fully saturated rings. The van der Waals surface area contributed by atoms with Crippen LogP contribution >= 0.6 is 0 Å². The topological polar surface area (TPSA) is 58.4 Å². The van der Waals surface area contributed by atoms with Gasteiger partial charge >= 0.3 is 0 Å². The van der Waals surface area contributed by atoms with Crippen molar-refractivity contribution in [1.82, 2.24) is 5.32 Å². The van der Waals surface area contributed by atoms with Crippen molar-refractivity contribution in [2.75, 3.05) is 24.5 Å². The number of benzene rings is 1. The SMILES string of the molecule is CCCCN(CC1CCCN1)c1ccc(C(N)=O)cc1F. The first kappa shape index (κ1) is 15.8. The van der Waals surface area contributed by atoms with Crippen LogP contribution < -0.4 is 16.0 Å². The van der Waals surface area contributed by atoms with Crippen molar-refractivity contribution in [3.05, 3.63) is 29.6 Å². The third-order valence-corrected chi connectivity index (χ3v) is 3.96. The molecule has 3 N–H and O–H groups in total. The first-order valence-corrected chi connectivity index (χ1v) is 7.69. The predicted molar refractivity (Wildman–Crippen MR) is 83.1 cm³/mol. The second kappa shape index (κ2) is 7.41. The molecule has 1 aromatic rings. The molecule has 0 radical (unpaired) electrons. The molecule has 1 aliphatic rings. The van der Waals surface area contributed by atoms with Crippen LogP contribution in [0.5, 0.6) is 0 Å². The van der Waals surface area contributed by atoms with Crippen molar-refractivity contribution in [2.24, 2.45) is 5.73 Å². The van der Waals surface area contributed by atoms with Crippen molar-refractivity contribution < 1.29 is 9.18 Å². The van der Waals surface area contributed by atoms with E-state index in [-0.39, 0.29) is 11.4 Å². The van der Waals surface area contributed by atoms with E-state index in [9.17, 15) is 9.18 Å². The van der Waals surface area contributed by atoms with E-state index in [0.717, 1.165) is 38.9 Å². The molecule has 1 unspecified atom stereocenters. The fraction of sp³-hybridized carbons (Fsp3) is 0.562. The molecule has 21 heavy (non-hydrogen) atoms. The van der Waals surface area contributed by atoms with Gasteiger partial charge in [0.1, 0.15) is 5.82 Å². The highest BCUT2D eigenvalue weighted by atomic mass is 19.1. The van der Waals surface area contributed by atoms with Crippen LogP contribution in [-0.4, -0.2) is 31.6 Å². The van der Waals surface area contributed by atoms with E-state index in [2.05, 4.69) is 17.1 Å². The smallest absolute Gasteiger partial charge is 0.248 e. The number of carbonyl (C=O) groups is 1. The van der Waals surface area contributed by atoms with Crippen molar-refractivity contribution >= 4 is 11.6 Å². The van der Waals surface area contributed by atoms with Gasteiger partial charge in [-0.2, -0.15) is 0 Å². The largest absolute Gasteiger partial charge is 0.368 e. The van der Waals surface area contributed by atoms with Crippen LogP contribution in [0.15, 0.2) is 18.2 Å². The van der Waals surface area contributed by atoms with Gasteiger partial charge in [0.25, 0.3) is 0 Å². The van der Waals surface area contributed by atoms with E-state index in [1.807, 2.05) is 0 Å². The van der Waals surface area contributed by atoms with Gasteiger partial charge in [-0.25, -0.2) is 4.39 Å². The Morgan fingerprint density at radius 3 is 2.90 bits per heavy atom. The van der Waals surface area contributed by atoms with Crippen LogP contribution in [0.4, 0.5) is 10.1 Å². The minimum atomic E-state index is -0.599. The molecule has 116 valence electrons. The molecule has 1 saturated heterocycles. The molecule has 1 amide bonds. The number of amides is 1. The third-order valence-electron chi connectivity index (χ3n) is 3.96. The predicted octanol–water partition coefficient (Wildman–Crippen LogP) is 2.28. The number of hydrogen-bond acceptors (Lipinski definition) is 3. The number of carbonyl (C=O) groups excluding carboxylic acids is 1. The van der Waals surface area contributed by atoms with Crippen molar-refractivity contribution in [3.63, 3.8) is 0 Å². The lowest BCUT2D eigenvalue weighted by Crippen LogP contribution is -2.38. The zero-order chi connectivity index (χ0) is 15.2. The molecule has 0 saturated carbocycles. The zero-order valence-electron chi connectivity index (χ0n) is 12.6. The first-order valence-electron chi connectivity index (χ1n) is 7.69. The lowest BCUT2D eigenvalue weighted by molar-refractivity contribution is 0.1000. The summed E-state index contributed by atoms with van der Waals surface area (Å²) >= 11 is 0. The minimum Gasteiger partial charge on any atom is -0.368 e. The third kappa shape index (κ3) is 4.17. The molecule has 1 atom stereocenters. The number of primary amides is 1. The standard InChI is InChI=1S/C16H24FN3O/c1-2-3-9-20(11-13-5-4-8-19-13)15-7-6-12(16(18)21)10-14(15)17/h6-7,10,13,19H,2-5,8-9,11H2,1H3,(H2,18,21). The van der Waals surface area contributed by atoms with E-state index < -0.39 is 5.91 Å². The number of hydrogen-bond donors (Lipinski definition) is 2. The van der Waals surface area contributed by atoms with Gasteiger partial charge in [0.15, 0.2) is 0 Å². The Morgan fingerprint density at radius 1 is 1.52 bits per heavy atom. The summed E-state index contributed by atoms with van der Waals surface area (Å²) in [6, 6.07) is 4.91. The van der Waals surface area contributed by atoms with Gasteiger partial charge in [0, 0.05) is 24.7 Å². The van der Waals surface area contributed by atoms with E-state index in [1.54, 1.807) is 12.1 Å². The molecular formula is C16H24FN3O. The molecular weight excluding hydrogens is 269 g/mol. The molecule has 0 bridgehead atoms. The quantitative estimate of drug-likeness (QED) is 0.811. The van der Waals surface area contributed by atoms with Gasteiger partial charge < -0.3 is 16.0 Å². The Balaban J connectivity index is 2.16. The number of rotatable bonds is 7. The van der Waals surface area contributed by atoms with Gasteiger partial charge in [-0.3, -0.25) is 4.79 Å². The molecule has 1 aliphatic heterocycles. The van der Waals surface area contributed by atoms with Crippen LogP contribution in [-0.2, 0) is 0 Å². The first-order chi connectivity index (χ1) is 10.1. The summed E-state index contributed by atoms with van der Waals surface area (Å²) in [7, 11) is 0. The average molecular weight is 293 g/mol. The monoisotopic (exact) mass is 293 g/mol. The molecule has 0 spiro atoms. The number of nitrogens with zero attached hydrogens (tertiary/aromatic N) is 1. The number of nitrogens with two attached hydrogens (primary N) is 1. The summed E-state index contributed by atoms with van der Waals surface area (Å²) < 4.78 is 14.3. The second-order valence-corrected chi connectivity index (χ2v) is 5.62. The van der Waals surface area contributed by atoms with E-state index >= 15 is 0 Å². The number of nitrogens with one attached hydrogen (secondary N) is 1. The summed E-state index contributed by atoms with van der Waals surface area (Å²) in [6.45, 7) is 4.78. The van der Waals surface area contributed by atoms with Crippen molar-refractivity contribution in [3.8, 4) is 0 Å². The normalized spacial score (nSPS) is 17.9. The van der Waals surface area contributed by atoms with E-state index in [0.29, 0.717) is 11.7 Å². The van der Waals surface area contributed by atoms with Gasteiger partial charge in [0.05, 0.1) is 5.69 Å². The van der Waals surface area contributed by atoms with Crippen LogP contribution in [0.1, 0.15) is 43.0 Å². The number of anilines is 1. The lowest BCUT2D eigenvalue weighted by atomic mass is 10.1. The molecule has 1 aromatic carbocycles.